The molecular formula is C25H20Cl2O4. The fourth-order valence-electron chi connectivity index (χ4n) is 3.22. The van der Waals surface area contributed by atoms with E-state index in [9.17, 15) is 4.79 Å². The molecule has 0 atom stereocenters. The second-order valence-electron chi connectivity index (χ2n) is 7.42. The van der Waals surface area contributed by atoms with Crippen LogP contribution in [0.15, 0.2) is 76.1 Å². The lowest BCUT2D eigenvalue weighted by molar-refractivity contribution is 0.306. The predicted octanol–water partition coefficient (Wildman–Crippen LogP) is 7.59. The Bertz CT molecular complexity index is 1290. The molecule has 0 amide bonds. The second kappa shape index (κ2) is 9.04. The fourth-order valence-corrected chi connectivity index (χ4v) is 3.54. The van der Waals surface area contributed by atoms with Gasteiger partial charge in [0, 0.05) is 6.07 Å². The standard InChI is InChI=1S/C25H20Cl2O4/c1-15(2)18-5-3-4-6-22(18)31-24-14-30-23-12-17(8-9-19(23)25(24)28)29-13-16-7-10-20(26)21(27)11-16/h3-12,14-15H,13H2,1-2H3. The Kier molecular flexibility index (Phi) is 6.21. The Labute approximate surface area is 189 Å². The van der Waals surface area contributed by atoms with E-state index in [2.05, 4.69) is 13.8 Å². The van der Waals surface area contributed by atoms with E-state index in [1.54, 1.807) is 30.3 Å². The van der Waals surface area contributed by atoms with Gasteiger partial charge in [-0.25, -0.2) is 0 Å². The van der Waals surface area contributed by atoms with Crippen molar-refractivity contribution in [3.63, 3.8) is 0 Å². The number of fused-ring (bicyclic) bond motifs is 1. The molecule has 0 spiro atoms. The molecule has 0 aliphatic heterocycles. The Morgan fingerprint density at radius 2 is 1.74 bits per heavy atom. The van der Waals surface area contributed by atoms with Gasteiger partial charge in [-0.05, 0) is 47.4 Å². The molecule has 6 heteroatoms. The maximum atomic E-state index is 12.9. The molecule has 0 saturated heterocycles. The van der Waals surface area contributed by atoms with Crippen LogP contribution in [0, 0.1) is 0 Å². The molecule has 0 aliphatic rings. The lowest BCUT2D eigenvalue weighted by Gasteiger charge is -2.13. The normalized spacial score (nSPS) is 11.1. The van der Waals surface area contributed by atoms with Crippen molar-refractivity contribution in [2.45, 2.75) is 26.4 Å². The number of benzene rings is 3. The van der Waals surface area contributed by atoms with Crippen molar-refractivity contribution in [2.75, 3.05) is 0 Å². The first-order valence-corrected chi connectivity index (χ1v) is 10.6. The molecule has 0 aliphatic carbocycles. The quantitative estimate of drug-likeness (QED) is 0.301. The average Bonchev–Trinajstić information content (AvgIpc) is 2.76. The third kappa shape index (κ3) is 4.71. The molecule has 0 radical (unpaired) electrons. The number of halogens is 2. The molecular weight excluding hydrogens is 435 g/mol. The molecule has 1 aromatic heterocycles. The van der Waals surface area contributed by atoms with Crippen molar-refractivity contribution in [1.29, 1.82) is 0 Å². The van der Waals surface area contributed by atoms with Gasteiger partial charge in [-0.1, -0.05) is 61.3 Å². The zero-order valence-electron chi connectivity index (χ0n) is 17.0. The van der Waals surface area contributed by atoms with Crippen molar-refractivity contribution in [3.05, 3.63) is 98.3 Å². The van der Waals surface area contributed by atoms with Gasteiger partial charge in [-0.15, -0.1) is 0 Å². The second-order valence-corrected chi connectivity index (χ2v) is 8.23. The maximum Gasteiger partial charge on any atom is 0.235 e. The molecule has 0 unspecified atom stereocenters. The largest absolute Gasteiger partial charge is 0.489 e. The van der Waals surface area contributed by atoms with Crippen LogP contribution in [-0.4, -0.2) is 0 Å². The minimum atomic E-state index is -0.240. The van der Waals surface area contributed by atoms with E-state index in [0.717, 1.165) is 11.1 Å². The van der Waals surface area contributed by atoms with E-state index in [1.165, 1.54) is 6.26 Å². The van der Waals surface area contributed by atoms with Crippen molar-refractivity contribution in [2.24, 2.45) is 0 Å². The summed E-state index contributed by atoms with van der Waals surface area (Å²) in [5.41, 5.74) is 2.08. The van der Waals surface area contributed by atoms with Gasteiger partial charge in [0.05, 0.1) is 15.4 Å². The summed E-state index contributed by atoms with van der Waals surface area (Å²) in [5.74, 6) is 1.62. The molecule has 0 bridgehead atoms. The van der Waals surface area contributed by atoms with E-state index in [-0.39, 0.29) is 17.1 Å². The van der Waals surface area contributed by atoms with Crippen LogP contribution in [0.3, 0.4) is 0 Å². The number of rotatable bonds is 6. The zero-order valence-corrected chi connectivity index (χ0v) is 18.5. The molecule has 4 nitrogen and oxygen atoms in total. The summed E-state index contributed by atoms with van der Waals surface area (Å²) in [6.45, 7) is 4.45. The van der Waals surface area contributed by atoms with E-state index in [4.69, 9.17) is 37.1 Å². The van der Waals surface area contributed by atoms with Crippen LogP contribution in [0.2, 0.25) is 10.0 Å². The molecule has 158 valence electrons. The highest BCUT2D eigenvalue weighted by Gasteiger charge is 2.13. The first-order valence-electron chi connectivity index (χ1n) is 9.81. The minimum absolute atomic E-state index is 0.144. The van der Waals surface area contributed by atoms with Gasteiger partial charge in [0.2, 0.25) is 11.2 Å². The summed E-state index contributed by atoms with van der Waals surface area (Å²) < 4.78 is 17.4. The fraction of sp³-hybridized carbons (Fsp3) is 0.160. The number of para-hydroxylation sites is 1. The summed E-state index contributed by atoms with van der Waals surface area (Å²) in [5, 5.41) is 1.38. The first kappa shape index (κ1) is 21.3. The first-order chi connectivity index (χ1) is 14.9. The minimum Gasteiger partial charge on any atom is -0.489 e. The highest BCUT2D eigenvalue weighted by atomic mass is 35.5. The molecule has 0 fully saturated rings. The molecule has 3 aromatic carbocycles. The number of hydrogen-bond acceptors (Lipinski definition) is 4. The molecule has 31 heavy (non-hydrogen) atoms. The Balaban J connectivity index is 1.57. The molecule has 4 rings (SSSR count). The van der Waals surface area contributed by atoms with Crippen LogP contribution in [0.1, 0.15) is 30.9 Å². The van der Waals surface area contributed by atoms with Crippen LogP contribution < -0.4 is 14.9 Å². The molecule has 0 N–H and O–H groups in total. The van der Waals surface area contributed by atoms with Crippen molar-refractivity contribution < 1.29 is 13.9 Å². The summed E-state index contributed by atoms with van der Waals surface area (Å²) in [6, 6.07) is 18.1. The van der Waals surface area contributed by atoms with Crippen molar-refractivity contribution >= 4 is 34.2 Å². The van der Waals surface area contributed by atoms with E-state index in [1.807, 2.05) is 30.3 Å². The number of ether oxygens (including phenoxy) is 2. The van der Waals surface area contributed by atoms with E-state index < -0.39 is 0 Å². The average molecular weight is 455 g/mol. The van der Waals surface area contributed by atoms with Gasteiger partial charge < -0.3 is 13.9 Å². The predicted molar refractivity (Wildman–Crippen MR) is 124 cm³/mol. The van der Waals surface area contributed by atoms with E-state index >= 15 is 0 Å². The Hall–Kier alpha value is -2.95. The third-order valence-electron chi connectivity index (χ3n) is 4.86. The van der Waals surface area contributed by atoms with Crippen LogP contribution in [0.4, 0.5) is 0 Å². The van der Waals surface area contributed by atoms with Gasteiger partial charge in [-0.2, -0.15) is 0 Å². The van der Waals surface area contributed by atoms with Crippen LogP contribution >= 0.6 is 23.2 Å². The summed E-state index contributed by atoms with van der Waals surface area (Å²) in [7, 11) is 0. The third-order valence-corrected chi connectivity index (χ3v) is 5.60. The van der Waals surface area contributed by atoms with Crippen molar-refractivity contribution in [3.8, 4) is 17.2 Å². The SMILES string of the molecule is CC(C)c1ccccc1Oc1coc2cc(OCc3ccc(Cl)c(Cl)c3)ccc2c1=O. The highest BCUT2D eigenvalue weighted by molar-refractivity contribution is 6.42. The Morgan fingerprint density at radius 1 is 0.935 bits per heavy atom. The lowest BCUT2D eigenvalue weighted by Crippen LogP contribution is -2.06. The van der Waals surface area contributed by atoms with Gasteiger partial charge in [0.15, 0.2) is 0 Å². The zero-order chi connectivity index (χ0) is 22.0. The van der Waals surface area contributed by atoms with Crippen molar-refractivity contribution in [1.82, 2.24) is 0 Å². The Morgan fingerprint density at radius 3 is 2.52 bits per heavy atom. The molecule has 4 aromatic rings. The summed E-state index contributed by atoms with van der Waals surface area (Å²) in [6.07, 6.45) is 1.34. The van der Waals surface area contributed by atoms with Crippen LogP contribution in [0.25, 0.3) is 11.0 Å². The topological polar surface area (TPSA) is 48.7 Å². The van der Waals surface area contributed by atoms with E-state index in [0.29, 0.717) is 39.1 Å². The monoisotopic (exact) mass is 454 g/mol. The van der Waals surface area contributed by atoms with Gasteiger partial charge in [0.1, 0.15) is 30.0 Å². The van der Waals surface area contributed by atoms with Crippen LogP contribution in [-0.2, 0) is 6.61 Å². The lowest BCUT2D eigenvalue weighted by atomic mass is 10.0. The van der Waals surface area contributed by atoms with Gasteiger partial charge >= 0.3 is 0 Å². The van der Waals surface area contributed by atoms with Gasteiger partial charge in [-0.3, -0.25) is 4.79 Å². The molecule has 0 saturated carbocycles. The van der Waals surface area contributed by atoms with Crippen LogP contribution in [0.5, 0.6) is 17.2 Å². The van der Waals surface area contributed by atoms with Gasteiger partial charge in [0.25, 0.3) is 0 Å². The molecule has 1 heterocycles. The smallest absolute Gasteiger partial charge is 0.235 e. The highest BCUT2D eigenvalue weighted by Crippen LogP contribution is 2.30. The number of hydrogen-bond donors (Lipinski definition) is 0. The maximum absolute atomic E-state index is 12.9. The summed E-state index contributed by atoms with van der Waals surface area (Å²) in [4.78, 5) is 12.9. The summed E-state index contributed by atoms with van der Waals surface area (Å²) >= 11 is 12.0.